The van der Waals surface area contributed by atoms with E-state index >= 15 is 0 Å². The van der Waals surface area contributed by atoms with Gasteiger partial charge in [-0.1, -0.05) is 35.9 Å². The lowest BCUT2D eigenvalue weighted by molar-refractivity contribution is -0.122. The van der Waals surface area contributed by atoms with Crippen molar-refractivity contribution in [3.05, 3.63) is 88.7 Å². The number of halogens is 2. The zero-order valence-corrected chi connectivity index (χ0v) is 19.4. The van der Waals surface area contributed by atoms with Gasteiger partial charge in [-0.3, -0.25) is 15.1 Å². The molecule has 30 heavy (non-hydrogen) atoms. The van der Waals surface area contributed by atoms with E-state index in [1.54, 1.807) is 18.2 Å². The topological polar surface area (TPSA) is 54.5 Å². The second-order valence-corrected chi connectivity index (χ2v) is 9.08. The first-order valence-electron chi connectivity index (χ1n) is 9.59. The number of rotatable bonds is 5. The molecule has 1 saturated heterocycles. The van der Waals surface area contributed by atoms with E-state index in [2.05, 4.69) is 32.9 Å². The van der Waals surface area contributed by atoms with Crippen molar-refractivity contribution in [2.24, 2.45) is 0 Å². The molecule has 1 amide bonds. The van der Waals surface area contributed by atoms with Gasteiger partial charge in [0.2, 0.25) is 0 Å². The number of piperazine rings is 1. The van der Waals surface area contributed by atoms with E-state index in [1.165, 1.54) is 0 Å². The lowest BCUT2D eigenvalue weighted by atomic mass is 9.95. The van der Waals surface area contributed by atoms with Gasteiger partial charge in [-0.15, -0.1) is 0 Å². The maximum Gasteiger partial charge on any atom is 0.262 e. The molecule has 1 fully saturated rings. The van der Waals surface area contributed by atoms with Crippen LogP contribution in [0.4, 0.5) is 5.69 Å². The molecular formula is C23H21ClIN3O2. The number of hydrogen-bond acceptors (Lipinski definition) is 4. The van der Waals surface area contributed by atoms with Crippen LogP contribution < -0.4 is 15.0 Å². The Bertz CT molecular complexity index is 1060. The van der Waals surface area contributed by atoms with Gasteiger partial charge in [-0.25, -0.2) is 0 Å². The molecule has 1 unspecified atom stereocenters. The first-order valence-corrected chi connectivity index (χ1v) is 11.1. The highest BCUT2D eigenvalue weighted by Gasteiger charge is 2.45. The van der Waals surface area contributed by atoms with Gasteiger partial charge in [-0.05, 0) is 76.0 Å². The first-order chi connectivity index (χ1) is 14.5. The van der Waals surface area contributed by atoms with Crippen molar-refractivity contribution in [2.75, 3.05) is 25.1 Å². The molecule has 1 atom stereocenters. The summed E-state index contributed by atoms with van der Waals surface area (Å²) < 4.78 is 4.34. The van der Waals surface area contributed by atoms with Crippen LogP contribution in [0.15, 0.2) is 67.0 Å². The van der Waals surface area contributed by atoms with Crippen LogP contribution in [-0.2, 0) is 14.8 Å². The van der Waals surface area contributed by atoms with E-state index in [0.29, 0.717) is 24.5 Å². The third-order valence-corrected chi connectivity index (χ3v) is 6.96. The smallest absolute Gasteiger partial charge is 0.262 e. The van der Waals surface area contributed by atoms with Gasteiger partial charge in [-0.2, -0.15) is 0 Å². The molecule has 0 saturated carbocycles. The number of amides is 1. The number of nitrogens with one attached hydrogen (secondary N) is 1. The van der Waals surface area contributed by atoms with E-state index in [4.69, 9.17) is 16.3 Å². The Morgan fingerprint density at radius 1 is 1.20 bits per heavy atom. The first kappa shape index (κ1) is 21.1. The fraction of sp³-hybridized carbons (Fsp3) is 0.217. The second-order valence-electron chi connectivity index (χ2n) is 7.05. The van der Waals surface area contributed by atoms with Crippen LogP contribution >= 0.6 is 34.2 Å². The highest BCUT2D eigenvalue weighted by molar-refractivity contribution is 14.1. The third kappa shape index (κ3) is 4.04. The Morgan fingerprint density at radius 3 is 2.70 bits per heavy atom. The molecule has 0 radical (unpaired) electrons. The highest BCUT2D eigenvalue weighted by Crippen LogP contribution is 2.39. The molecule has 3 aromatic rings. The van der Waals surface area contributed by atoms with Gasteiger partial charge in [0, 0.05) is 25.5 Å². The molecule has 1 N–H and O–H groups in total. The standard InChI is InChI=1S/C23H21ClIN3O2/c1-30-18-8-6-16(7-9-18)14-17-15-26-11-10-19(17)23(25)22(29)28(13-12-27-23)21-5-3-2-4-20(21)24/h2-11,15,27H,12-14H2,1H3. The number of pyridine rings is 1. The number of benzene rings is 2. The molecule has 7 heteroatoms. The number of aromatic nitrogens is 1. The van der Waals surface area contributed by atoms with Crippen molar-refractivity contribution in [3.63, 3.8) is 0 Å². The SMILES string of the molecule is COc1ccc(Cc2cnccc2C2(I)NCCN(c3ccccc3Cl)C2=O)cc1. The number of hydrogen-bond donors (Lipinski definition) is 1. The summed E-state index contributed by atoms with van der Waals surface area (Å²) in [7, 11) is 1.65. The second kappa shape index (κ2) is 8.91. The van der Waals surface area contributed by atoms with Gasteiger partial charge in [0.25, 0.3) is 5.91 Å². The van der Waals surface area contributed by atoms with Crippen LogP contribution in [0.1, 0.15) is 16.7 Å². The summed E-state index contributed by atoms with van der Waals surface area (Å²) in [5.74, 6) is 0.777. The predicted octanol–water partition coefficient (Wildman–Crippen LogP) is 4.56. The maximum absolute atomic E-state index is 13.6. The number of carbonyl (C=O) groups is 1. The van der Waals surface area contributed by atoms with Crippen molar-refractivity contribution >= 4 is 45.8 Å². The van der Waals surface area contributed by atoms with Crippen LogP contribution in [0.25, 0.3) is 0 Å². The number of ether oxygens (including phenoxy) is 1. The van der Waals surface area contributed by atoms with Crippen LogP contribution in [0.2, 0.25) is 5.02 Å². The van der Waals surface area contributed by atoms with Crippen LogP contribution in [0.3, 0.4) is 0 Å². The van der Waals surface area contributed by atoms with Gasteiger partial charge in [0.15, 0.2) is 3.55 Å². The van der Waals surface area contributed by atoms with Gasteiger partial charge < -0.3 is 9.64 Å². The fourth-order valence-electron chi connectivity index (χ4n) is 3.68. The summed E-state index contributed by atoms with van der Waals surface area (Å²) in [5, 5.41) is 4.00. The summed E-state index contributed by atoms with van der Waals surface area (Å²) in [6.45, 7) is 1.22. The quantitative estimate of drug-likeness (QED) is 0.297. The number of anilines is 1. The van der Waals surface area contributed by atoms with Crippen molar-refractivity contribution < 1.29 is 9.53 Å². The monoisotopic (exact) mass is 533 g/mol. The molecule has 154 valence electrons. The average molecular weight is 534 g/mol. The third-order valence-electron chi connectivity index (χ3n) is 5.22. The molecule has 1 aliphatic heterocycles. The number of methoxy groups -OCH3 is 1. The number of nitrogens with zero attached hydrogens (tertiary/aromatic N) is 2. The molecule has 2 heterocycles. The molecule has 0 spiro atoms. The van der Waals surface area contributed by atoms with Crippen LogP contribution in [-0.4, -0.2) is 31.1 Å². The minimum absolute atomic E-state index is 0.0374. The summed E-state index contributed by atoms with van der Waals surface area (Å²) in [6.07, 6.45) is 4.24. The van der Waals surface area contributed by atoms with Gasteiger partial charge in [0.05, 0.1) is 17.8 Å². The van der Waals surface area contributed by atoms with Crippen molar-refractivity contribution in [2.45, 2.75) is 9.97 Å². The van der Waals surface area contributed by atoms with Crippen LogP contribution in [0.5, 0.6) is 5.75 Å². The number of carbonyl (C=O) groups excluding carboxylic acids is 1. The van der Waals surface area contributed by atoms with E-state index in [0.717, 1.165) is 28.1 Å². The number of para-hydroxylation sites is 1. The molecule has 0 bridgehead atoms. The number of alkyl halides is 1. The van der Waals surface area contributed by atoms with Crippen LogP contribution in [0, 0.1) is 0 Å². The normalized spacial score (nSPS) is 19.0. The summed E-state index contributed by atoms with van der Waals surface area (Å²) in [4.78, 5) is 19.7. The summed E-state index contributed by atoms with van der Waals surface area (Å²) in [5.41, 5.74) is 3.77. The molecular weight excluding hydrogens is 513 g/mol. The van der Waals surface area contributed by atoms with Crippen molar-refractivity contribution in [3.8, 4) is 5.75 Å². The average Bonchev–Trinajstić information content (AvgIpc) is 2.77. The Morgan fingerprint density at radius 2 is 1.97 bits per heavy atom. The molecule has 4 rings (SSSR count). The molecule has 0 aliphatic carbocycles. The summed E-state index contributed by atoms with van der Waals surface area (Å²) >= 11 is 8.61. The minimum atomic E-state index is -0.903. The maximum atomic E-state index is 13.6. The zero-order chi connectivity index (χ0) is 21.1. The Kier molecular flexibility index (Phi) is 6.26. The minimum Gasteiger partial charge on any atom is -0.497 e. The Balaban J connectivity index is 1.68. The van der Waals surface area contributed by atoms with E-state index in [1.807, 2.05) is 60.8 Å². The lowest BCUT2D eigenvalue weighted by Gasteiger charge is -2.40. The fourth-order valence-corrected chi connectivity index (χ4v) is 5.01. The van der Waals surface area contributed by atoms with E-state index in [9.17, 15) is 4.79 Å². The van der Waals surface area contributed by atoms with E-state index < -0.39 is 3.55 Å². The summed E-state index contributed by atoms with van der Waals surface area (Å²) in [6, 6.07) is 17.3. The highest BCUT2D eigenvalue weighted by atomic mass is 127. The van der Waals surface area contributed by atoms with Gasteiger partial charge >= 0.3 is 0 Å². The van der Waals surface area contributed by atoms with E-state index in [-0.39, 0.29) is 5.91 Å². The largest absolute Gasteiger partial charge is 0.497 e. The Hall–Kier alpha value is -2.16. The van der Waals surface area contributed by atoms with Crippen molar-refractivity contribution in [1.29, 1.82) is 0 Å². The predicted molar refractivity (Wildman–Crippen MR) is 128 cm³/mol. The molecule has 5 nitrogen and oxygen atoms in total. The molecule has 2 aromatic carbocycles. The zero-order valence-electron chi connectivity index (χ0n) is 16.4. The molecule has 1 aliphatic rings. The Labute approximate surface area is 194 Å². The van der Waals surface area contributed by atoms with Crippen molar-refractivity contribution in [1.82, 2.24) is 10.3 Å². The van der Waals surface area contributed by atoms with Gasteiger partial charge in [0.1, 0.15) is 5.75 Å². The lowest BCUT2D eigenvalue weighted by Crippen LogP contribution is -2.59. The molecule has 1 aromatic heterocycles.